The Hall–Kier alpha value is -2.08. The third-order valence-corrected chi connectivity index (χ3v) is 5.37. The quantitative estimate of drug-likeness (QED) is 0.892. The Kier molecular flexibility index (Phi) is 4.76. The summed E-state index contributed by atoms with van der Waals surface area (Å²) in [5.41, 5.74) is 1.18. The van der Waals surface area contributed by atoms with Crippen molar-refractivity contribution in [2.45, 2.75) is 38.1 Å². The van der Waals surface area contributed by atoms with Crippen LogP contribution >= 0.6 is 11.3 Å². The molecule has 1 aliphatic carbocycles. The van der Waals surface area contributed by atoms with Crippen molar-refractivity contribution >= 4 is 17.2 Å². The number of carbonyl (C=O) groups is 1. The lowest BCUT2D eigenvalue weighted by molar-refractivity contribution is 0.0903. The molecule has 0 spiro atoms. The summed E-state index contributed by atoms with van der Waals surface area (Å²) >= 11 is 1.43. The maximum atomic E-state index is 12.5. The van der Waals surface area contributed by atoms with Crippen molar-refractivity contribution in [3.8, 4) is 22.1 Å². The van der Waals surface area contributed by atoms with E-state index in [1.165, 1.54) is 24.2 Å². The number of aromatic nitrogens is 1. The standard InChI is InChI=1S/C18H22N2O3S/c1-18(9-4-5-10-18)20-16(21)13-11-24-17(19-13)12-7-6-8-14(22-2)15(12)23-3/h6-8,11H,4-5,9-10H2,1-3H3,(H,20,21). The van der Waals surface area contributed by atoms with Crippen LogP contribution in [0.2, 0.25) is 0 Å². The van der Waals surface area contributed by atoms with Crippen LogP contribution < -0.4 is 14.8 Å². The smallest absolute Gasteiger partial charge is 0.271 e. The molecule has 2 aromatic rings. The molecule has 3 rings (SSSR count). The molecule has 1 aromatic heterocycles. The third kappa shape index (κ3) is 3.24. The second kappa shape index (κ2) is 6.81. The lowest BCUT2D eigenvalue weighted by atomic mass is 10.0. The van der Waals surface area contributed by atoms with Crippen LogP contribution in [-0.2, 0) is 0 Å². The Bertz CT molecular complexity index is 736. The van der Waals surface area contributed by atoms with Crippen molar-refractivity contribution in [2.24, 2.45) is 0 Å². The summed E-state index contributed by atoms with van der Waals surface area (Å²) in [6.07, 6.45) is 4.39. The van der Waals surface area contributed by atoms with E-state index in [-0.39, 0.29) is 11.4 Å². The van der Waals surface area contributed by atoms with Crippen LogP contribution in [0.25, 0.3) is 10.6 Å². The van der Waals surface area contributed by atoms with E-state index >= 15 is 0 Å². The Morgan fingerprint density at radius 1 is 1.25 bits per heavy atom. The van der Waals surface area contributed by atoms with Crippen molar-refractivity contribution in [3.05, 3.63) is 29.3 Å². The van der Waals surface area contributed by atoms with E-state index in [1.54, 1.807) is 19.6 Å². The van der Waals surface area contributed by atoms with E-state index in [0.717, 1.165) is 23.4 Å². The van der Waals surface area contributed by atoms with E-state index in [4.69, 9.17) is 9.47 Å². The molecule has 24 heavy (non-hydrogen) atoms. The maximum Gasteiger partial charge on any atom is 0.271 e. The van der Waals surface area contributed by atoms with Gasteiger partial charge in [0.25, 0.3) is 5.91 Å². The van der Waals surface area contributed by atoms with Gasteiger partial charge in [0.15, 0.2) is 11.5 Å². The number of thiazole rings is 1. The first-order chi connectivity index (χ1) is 11.6. The van der Waals surface area contributed by atoms with Gasteiger partial charge in [-0.15, -0.1) is 11.3 Å². The molecular weight excluding hydrogens is 324 g/mol. The maximum absolute atomic E-state index is 12.5. The zero-order valence-electron chi connectivity index (χ0n) is 14.2. The van der Waals surface area contributed by atoms with Gasteiger partial charge in [-0.05, 0) is 31.9 Å². The fourth-order valence-corrected chi connectivity index (χ4v) is 4.00. The van der Waals surface area contributed by atoms with Gasteiger partial charge in [0, 0.05) is 10.9 Å². The number of hydrogen-bond acceptors (Lipinski definition) is 5. The van der Waals surface area contributed by atoms with Gasteiger partial charge >= 0.3 is 0 Å². The summed E-state index contributed by atoms with van der Waals surface area (Å²) in [4.78, 5) is 17.0. The summed E-state index contributed by atoms with van der Waals surface area (Å²) in [5, 5.41) is 5.67. The van der Waals surface area contributed by atoms with Crippen LogP contribution in [0.3, 0.4) is 0 Å². The first kappa shape index (κ1) is 16.8. The van der Waals surface area contributed by atoms with Crippen molar-refractivity contribution in [2.75, 3.05) is 14.2 Å². The number of nitrogens with zero attached hydrogens (tertiary/aromatic N) is 1. The molecule has 1 aliphatic rings. The second-order valence-electron chi connectivity index (χ2n) is 6.30. The second-order valence-corrected chi connectivity index (χ2v) is 7.16. The van der Waals surface area contributed by atoms with Gasteiger partial charge in [0.05, 0.1) is 19.8 Å². The Labute approximate surface area is 146 Å². The monoisotopic (exact) mass is 346 g/mol. The number of carbonyl (C=O) groups excluding carboxylic acids is 1. The molecule has 0 radical (unpaired) electrons. The molecule has 1 saturated carbocycles. The topological polar surface area (TPSA) is 60.5 Å². The number of hydrogen-bond donors (Lipinski definition) is 1. The van der Waals surface area contributed by atoms with Crippen molar-refractivity contribution in [1.82, 2.24) is 10.3 Å². The van der Waals surface area contributed by atoms with Crippen LogP contribution in [-0.4, -0.2) is 30.6 Å². The average Bonchev–Trinajstić information content (AvgIpc) is 3.23. The predicted molar refractivity (Wildman–Crippen MR) is 95.0 cm³/mol. The molecule has 0 unspecified atom stereocenters. The number of methoxy groups -OCH3 is 2. The molecule has 1 heterocycles. The molecule has 0 saturated heterocycles. The predicted octanol–water partition coefficient (Wildman–Crippen LogP) is 3.89. The molecular formula is C18H22N2O3S. The van der Waals surface area contributed by atoms with Gasteiger partial charge in [-0.25, -0.2) is 4.98 Å². The minimum atomic E-state index is -0.108. The number of ether oxygens (including phenoxy) is 2. The minimum absolute atomic E-state index is 0.103. The highest BCUT2D eigenvalue weighted by Gasteiger charge is 2.31. The number of para-hydroxylation sites is 1. The third-order valence-electron chi connectivity index (χ3n) is 4.49. The lowest BCUT2D eigenvalue weighted by Gasteiger charge is -2.24. The highest BCUT2D eigenvalue weighted by atomic mass is 32.1. The average molecular weight is 346 g/mol. The summed E-state index contributed by atoms with van der Waals surface area (Å²) in [6, 6.07) is 5.64. The van der Waals surface area contributed by atoms with Gasteiger partial charge < -0.3 is 14.8 Å². The summed E-state index contributed by atoms with van der Waals surface area (Å²) in [5.74, 6) is 1.17. The SMILES string of the molecule is COc1cccc(-c2nc(C(=O)NC3(C)CCCC3)cs2)c1OC. The molecule has 5 nitrogen and oxygen atoms in total. The molecule has 0 aliphatic heterocycles. The lowest BCUT2D eigenvalue weighted by Crippen LogP contribution is -2.43. The zero-order chi connectivity index (χ0) is 17.2. The van der Waals surface area contributed by atoms with Gasteiger partial charge in [-0.2, -0.15) is 0 Å². The minimum Gasteiger partial charge on any atom is -0.493 e. The normalized spacial score (nSPS) is 16.0. The van der Waals surface area contributed by atoms with Crippen LogP contribution in [0.5, 0.6) is 11.5 Å². The van der Waals surface area contributed by atoms with Crippen molar-refractivity contribution in [1.29, 1.82) is 0 Å². The Balaban J connectivity index is 1.84. The zero-order valence-corrected chi connectivity index (χ0v) is 15.0. The fourth-order valence-electron chi connectivity index (χ4n) is 3.18. The Morgan fingerprint density at radius 2 is 2.00 bits per heavy atom. The number of nitrogens with one attached hydrogen (secondary N) is 1. The van der Waals surface area contributed by atoms with E-state index in [2.05, 4.69) is 17.2 Å². The number of rotatable bonds is 5. The van der Waals surface area contributed by atoms with E-state index in [1.807, 2.05) is 18.2 Å². The molecule has 6 heteroatoms. The van der Waals surface area contributed by atoms with Gasteiger partial charge in [-0.3, -0.25) is 4.79 Å². The van der Waals surface area contributed by atoms with E-state index in [0.29, 0.717) is 17.2 Å². The largest absolute Gasteiger partial charge is 0.493 e. The van der Waals surface area contributed by atoms with E-state index < -0.39 is 0 Å². The molecule has 0 bridgehead atoms. The summed E-state index contributed by atoms with van der Waals surface area (Å²) < 4.78 is 10.8. The number of benzene rings is 1. The van der Waals surface area contributed by atoms with Crippen LogP contribution in [0.15, 0.2) is 23.6 Å². The molecule has 1 aromatic carbocycles. The van der Waals surface area contributed by atoms with E-state index in [9.17, 15) is 4.79 Å². The molecule has 1 amide bonds. The van der Waals surface area contributed by atoms with Crippen molar-refractivity contribution in [3.63, 3.8) is 0 Å². The first-order valence-corrected chi connectivity index (χ1v) is 8.94. The number of amides is 1. The van der Waals surface area contributed by atoms with Gasteiger partial charge in [-0.1, -0.05) is 18.9 Å². The van der Waals surface area contributed by atoms with Gasteiger partial charge in [0.1, 0.15) is 10.7 Å². The fraction of sp³-hybridized carbons (Fsp3) is 0.444. The van der Waals surface area contributed by atoms with Gasteiger partial charge in [0.2, 0.25) is 0 Å². The first-order valence-electron chi connectivity index (χ1n) is 8.06. The Morgan fingerprint density at radius 3 is 2.67 bits per heavy atom. The highest BCUT2D eigenvalue weighted by molar-refractivity contribution is 7.13. The molecule has 128 valence electrons. The molecule has 1 N–H and O–H groups in total. The molecule has 1 fully saturated rings. The summed E-state index contributed by atoms with van der Waals surface area (Å²) in [7, 11) is 3.20. The van der Waals surface area contributed by atoms with Crippen LogP contribution in [0, 0.1) is 0 Å². The van der Waals surface area contributed by atoms with Crippen molar-refractivity contribution < 1.29 is 14.3 Å². The highest BCUT2D eigenvalue weighted by Crippen LogP contribution is 2.39. The van der Waals surface area contributed by atoms with Crippen LogP contribution in [0.4, 0.5) is 0 Å². The summed E-state index contributed by atoms with van der Waals surface area (Å²) in [6.45, 7) is 2.11. The molecule has 0 atom stereocenters. The van der Waals surface area contributed by atoms with Crippen LogP contribution in [0.1, 0.15) is 43.1 Å².